The molecule has 0 aromatic heterocycles. The van der Waals surface area contributed by atoms with Crippen LogP contribution in [-0.4, -0.2) is 6.18 Å². The third-order valence-corrected chi connectivity index (χ3v) is 4.48. The van der Waals surface area contributed by atoms with Crippen molar-refractivity contribution in [3.05, 3.63) is 58.1 Å². The molecule has 0 bridgehead atoms. The number of hydrogen-bond donors (Lipinski definition) is 0. The van der Waals surface area contributed by atoms with Gasteiger partial charge in [0.25, 0.3) is 0 Å². The van der Waals surface area contributed by atoms with E-state index in [-0.39, 0.29) is 0 Å². The highest BCUT2D eigenvalue weighted by Crippen LogP contribution is 2.36. The van der Waals surface area contributed by atoms with Crippen molar-refractivity contribution in [1.29, 1.82) is 0 Å². The summed E-state index contributed by atoms with van der Waals surface area (Å²) < 4.78 is 38.5. The molecule has 0 aliphatic carbocycles. The summed E-state index contributed by atoms with van der Waals surface area (Å²) in [5.74, 6) is -1.44. The molecule has 1 unspecified atom stereocenters. The minimum Gasteiger partial charge on any atom is -0.170 e. The number of halogens is 3. The van der Waals surface area contributed by atoms with Gasteiger partial charge in [0.15, 0.2) is 0 Å². The van der Waals surface area contributed by atoms with Crippen LogP contribution in [0.1, 0.15) is 40.7 Å². The summed E-state index contributed by atoms with van der Waals surface area (Å²) in [6.07, 6.45) is -4.20. The van der Waals surface area contributed by atoms with Crippen LogP contribution in [0.2, 0.25) is 0 Å². The lowest BCUT2D eigenvalue weighted by atomic mass is 9.91. The van der Waals surface area contributed by atoms with Crippen LogP contribution in [0.15, 0.2) is 30.3 Å². The summed E-state index contributed by atoms with van der Waals surface area (Å²) in [5.41, 5.74) is 6.88. The molecule has 2 rings (SSSR count). The molecule has 0 heterocycles. The Morgan fingerprint density at radius 2 is 1.36 bits per heavy atom. The Bertz CT molecular complexity index is 673. The summed E-state index contributed by atoms with van der Waals surface area (Å²) in [5, 5.41) is 0. The minimum absolute atomic E-state index is 0.314. The molecule has 0 N–H and O–H groups in total. The van der Waals surface area contributed by atoms with E-state index < -0.39 is 12.1 Å². The standard InChI is InChI=1S/C19H21F3/c1-11-8-17(9-12(2)14(11)4)18-7-6-16(10-13(18)3)15(5)19(20,21)22/h6-10,15H,1-5H3. The Hall–Kier alpha value is -1.77. The van der Waals surface area contributed by atoms with Gasteiger partial charge in [-0.15, -0.1) is 0 Å². The zero-order valence-electron chi connectivity index (χ0n) is 13.6. The molecule has 0 nitrogen and oxygen atoms in total. The van der Waals surface area contributed by atoms with Gasteiger partial charge in [0.1, 0.15) is 0 Å². The lowest BCUT2D eigenvalue weighted by Crippen LogP contribution is -2.17. The van der Waals surface area contributed by atoms with Crippen molar-refractivity contribution in [2.45, 2.75) is 46.7 Å². The molecule has 2 aromatic carbocycles. The predicted octanol–water partition coefficient (Wildman–Crippen LogP) is 6.25. The summed E-state index contributed by atoms with van der Waals surface area (Å²) >= 11 is 0. The van der Waals surface area contributed by atoms with Gasteiger partial charge in [-0.3, -0.25) is 0 Å². The topological polar surface area (TPSA) is 0 Å². The van der Waals surface area contributed by atoms with Crippen LogP contribution in [0.5, 0.6) is 0 Å². The summed E-state index contributed by atoms with van der Waals surface area (Å²) in [7, 11) is 0. The number of rotatable bonds is 2. The van der Waals surface area contributed by atoms with Crippen LogP contribution in [-0.2, 0) is 0 Å². The van der Waals surface area contributed by atoms with Crippen LogP contribution in [0.3, 0.4) is 0 Å². The molecule has 0 saturated heterocycles. The fourth-order valence-electron chi connectivity index (χ4n) is 2.66. The van der Waals surface area contributed by atoms with Crippen molar-refractivity contribution in [2.75, 3.05) is 0 Å². The summed E-state index contributed by atoms with van der Waals surface area (Å²) in [6, 6.07) is 9.23. The van der Waals surface area contributed by atoms with Crippen LogP contribution < -0.4 is 0 Å². The van der Waals surface area contributed by atoms with Crippen LogP contribution in [0, 0.1) is 27.7 Å². The maximum atomic E-state index is 12.8. The molecule has 0 saturated carbocycles. The van der Waals surface area contributed by atoms with Crippen LogP contribution >= 0.6 is 0 Å². The normalized spacial score (nSPS) is 13.3. The van der Waals surface area contributed by atoms with Crippen molar-refractivity contribution in [1.82, 2.24) is 0 Å². The molecule has 0 radical (unpaired) electrons. The minimum atomic E-state index is -4.20. The quantitative estimate of drug-likeness (QED) is 0.615. The number of alkyl halides is 3. The second kappa shape index (κ2) is 5.79. The number of benzene rings is 2. The molecule has 0 aliphatic heterocycles. The van der Waals surface area contributed by atoms with E-state index in [1.807, 2.05) is 6.92 Å². The van der Waals surface area contributed by atoms with Gasteiger partial charge in [-0.1, -0.05) is 30.3 Å². The maximum absolute atomic E-state index is 12.8. The predicted molar refractivity (Wildman–Crippen MR) is 85.3 cm³/mol. The molecular formula is C19H21F3. The van der Waals surface area contributed by atoms with E-state index in [0.29, 0.717) is 5.56 Å². The van der Waals surface area contributed by atoms with Gasteiger partial charge in [0.05, 0.1) is 5.92 Å². The molecule has 1 atom stereocenters. The smallest absolute Gasteiger partial charge is 0.170 e. The average Bonchev–Trinajstić information content (AvgIpc) is 2.42. The van der Waals surface area contributed by atoms with E-state index in [1.54, 1.807) is 18.2 Å². The summed E-state index contributed by atoms with van der Waals surface area (Å²) in [6.45, 7) is 9.26. The molecule has 0 fully saturated rings. The van der Waals surface area contributed by atoms with Crippen molar-refractivity contribution in [3.63, 3.8) is 0 Å². The zero-order valence-corrected chi connectivity index (χ0v) is 13.6. The Balaban J connectivity index is 2.47. The second-order valence-corrected chi connectivity index (χ2v) is 6.07. The van der Waals surface area contributed by atoms with Gasteiger partial charge in [0, 0.05) is 0 Å². The highest BCUT2D eigenvalue weighted by molar-refractivity contribution is 5.70. The van der Waals surface area contributed by atoms with E-state index >= 15 is 0 Å². The molecule has 0 spiro atoms. The maximum Gasteiger partial charge on any atom is 0.395 e. The fourth-order valence-corrected chi connectivity index (χ4v) is 2.66. The summed E-state index contributed by atoms with van der Waals surface area (Å²) in [4.78, 5) is 0. The first-order valence-electron chi connectivity index (χ1n) is 7.36. The molecule has 0 amide bonds. The zero-order chi connectivity index (χ0) is 16.7. The Kier molecular flexibility index (Phi) is 4.37. The van der Waals surface area contributed by atoms with Crippen LogP contribution in [0.25, 0.3) is 11.1 Å². The highest BCUT2D eigenvalue weighted by atomic mass is 19.4. The van der Waals surface area contributed by atoms with Crippen molar-refractivity contribution >= 4 is 0 Å². The van der Waals surface area contributed by atoms with E-state index in [9.17, 15) is 13.2 Å². The molecule has 2 aromatic rings. The molecular weight excluding hydrogens is 285 g/mol. The highest BCUT2D eigenvalue weighted by Gasteiger charge is 2.37. The molecule has 3 heteroatoms. The van der Waals surface area contributed by atoms with E-state index in [1.165, 1.54) is 23.6 Å². The Morgan fingerprint density at radius 1 is 0.818 bits per heavy atom. The van der Waals surface area contributed by atoms with Crippen molar-refractivity contribution in [2.24, 2.45) is 0 Å². The molecule has 22 heavy (non-hydrogen) atoms. The van der Waals surface area contributed by atoms with Crippen molar-refractivity contribution in [3.8, 4) is 11.1 Å². The third kappa shape index (κ3) is 3.18. The Labute approximate surface area is 130 Å². The number of aryl methyl sites for hydroxylation is 3. The van der Waals surface area contributed by atoms with Crippen molar-refractivity contribution < 1.29 is 13.2 Å². The second-order valence-electron chi connectivity index (χ2n) is 6.07. The van der Waals surface area contributed by atoms with Gasteiger partial charge >= 0.3 is 6.18 Å². The van der Waals surface area contributed by atoms with Gasteiger partial charge in [-0.05, 0) is 73.6 Å². The number of hydrogen-bond acceptors (Lipinski definition) is 0. The Morgan fingerprint density at radius 3 is 1.82 bits per heavy atom. The van der Waals surface area contributed by atoms with Gasteiger partial charge in [-0.2, -0.15) is 13.2 Å². The van der Waals surface area contributed by atoms with Crippen LogP contribution in [0.4, 0.5) is 13.2 Å². The molecule has 0 aliphatic rings. The van der Waals surface area contributed by atoms with Gasteiger partial charge in [0.2, 0.25) is 0 Å². The fraction of sp³-hybridized carbons (Fsp3) is 0.368. The van der Waals surface area contributed by atoms with E-state index in [2.05, 4.69) is 32.9 Å². The monoisotopic (exact) mass is 306 g/mol. The average molecular weight is 306 g/mol. The molecule has 118 valence electrons. The lowest BCUT2D eigenvalue weighted by molar-refractivity contribution is -0.146. The largest absolute Gasteiger partial charge is 0.395 e. The van der Waals surface area contributed by atoms with E-state index in [0.717, 1.165) is 16.7 Å². The SMILES string of the molecule is Cc1cc(C(C)C(F)(F)F)ccc1-c1cc(C)c(C)c(C)c1. The first kappa shape index (κ1) is 16.6. The third-order valence-electron chi connectivity index (χ3n) is 4.48. The van der Waals surface area contributed by atoms with Gasteiger partial charge < -0.3 is 0 Å². The first-order valence-corrected chi connectivity index (χ1v) is 7.36. The first-order chi connectivity index (χ1) is 10.1. The van der Waals surface area contributed by atoms with Gasteiger partial charge in [-0.25, -0.2) is 0 Å². The lowest BCUT2D eigenvalue weighted by Gasteiger charge is -2.18. The van der Waals surface area contributed by atoms with E-state index in [4.69, 9.17) is 0 Å².